The van der Waals surface area contributed by atoms with E-state index in [9.17, 15) is 8.42 Å². The third-order valence-electron chi connectivity index (χ3n) is 3.47. The van der Waals surface area contributed by atoms with Gasteiger partial charge >= 0.3 is 0 Å². The average Bonchev–Trinajstić information content (AvgIpc) is 2.37. The summed E-state index contributed by atoms with van der Waals surface area (Å²) in [6.45, 7) is 8.74. The zero-order valence-electron chi connectivity index (χ0n) is 12.7. The van der Waals surface area contributed by atoms with Gasteiger partial charge in [0.1, 0.15) is 4.90 Å². The normalized spacial score (nSPS) is 12.4. The second-order valence-corrected chi connectivity index (χ2v) is 8.30. The minimum absolute atomic E-state index is 0.0330. The molecule has 1 aromatic heterocycles. The Hall–Kier alpha value is -0.700. The third kappa shape index (κ3) is 4.91. The van der Waals surface area contributed by atoms with Crippen molar-refractivity contribution < 1.29 is 8.42 Å². The molecule has 0 saturated carbocycles. The summed E-state index contributed by atoms with van der Waals surface area (Å²) in [6.07, 6.45) is 1.49. The van der Waals surface area contributed by atoms with Gasteiger partial charge in [-0.15, -0.1) is 0 Å². The van der Waals surface area contributed by atoms with Crippen molar-refractivity contribution in [2.75, 3.05) is 12.0 Å². The van der Waals surface area contributed by atoms with Crippen molar-refractivity contribution in [1.82, 2.24) is 9.71 Å². The Morgan fingerprint density at radius 2 is 1.86 bits per heavy atom. The van der Waals surface area contributed by atoms with Crippen molar-refractivity contribution in [3.05, 3.63) is 16.7 Å². The molecule has 4 N–H and O–H groups in total. The highest BCUT2D eigenvalue weighted by atomic mass is 79.9. The van der Waals surface area contributed by atoms with Crippen molar-refractivity contribution in [1.29, 1.82) is 0 Å². The van der Waals surface area contributed by atoms with Crippen LogP contribution in [0.3, 0.4) is 0 Å². The molecule has 0 aliphatic rings. The number of pyridine rings is 1. The number of hydrazine groups is 1. The maximum atomic E-state index is 12.4. The molecule has 21 heavy (non-hydrogen) atoms. The van der Waals surface area contributed by atoms with Crippen molar-refractivity contribution in [2.45, 2.75) is 32.6 Å². The first kappa shape index (κ1) is 18.3. The van der Waals surface area contributed by atoms with E-state index in [2.05, 4.69) is 58.8 Å². The summed E-state index contributed by atoms with van der Waals surface area (Å²) < 4.78 is 28.1. The molecule has 0 aliphatic heterocycles. The molecule has 1 heterocycles. The zero-order chi connectivity index (χ0) is 16.2. The monoisotopic (exact) mass is 378 g/mol. The SMILES string of the molecule is CC(C)C(CNS(=O)(=O)c1cc(Br)cnc1NN)C(C)C. The maximum absolute atomic E-state index is 12.4. The number of nitrogens with zero attached hydrogens (tertiary/aromatic N) is 1. The Labute approximate surface area is 135 Å². The van der Waals surface area contributed by atoms with E-state index in [1.807, 2.05) is 0 Å². The topological polar surface area (TPSA) is 97.1 Å². The highest BCUT2D eigenvalue weighted by Crippen LogP contribution is 2.24. The van der Waals surface area contributed by atoms with Crippen LogP contribution in [0, 0.1) is 17.8 Å². The van der Waals surface area contributed by atoms with Crippen molar-refractivity contribution in [3.63, 3.8) is 0 Å². The van der Waals surface area contributed by atoms with Crippen LogP contribution in [0.2, 0.25) is 0 Å². The van der Waals surface area contributed by atoms with Crippen molar-refractivity contribution in [2.24, 2.45) is 23.6 Å². The van der Waals surface area contributed by atoms with Crippen LogP contribution in [0.25, 0.3) is 0 Å². The van der Waals surface area contributed by atoms with Crippen molar-refractivity contribution >= 4 is 31.8 Å². The van der Waals surface area contributed by atoms with Crippen LogP contribution in [-0.4, -0.2) is 19.9 Å². The van der Waals surface area contributed by atoms with E-state index in [0.717, 1.165) is 0 Å². The van der Waals surface area contributed by atoms with Crippen LogP contribution in [0.15, 0.2) is 21.6 Å². The summed E-state index contributed by atoms with van der Waals surface area (Å²) in [5.74, 6) is 6.49. The van der Waals surface area contributed by atoms with E-state index in [-0.39, 0.29) is 16.6 Å². The van der Waals surface area contributed by atoms with Crippen LogP contribution in [0.1, 0.15) is 27.7 Å². The Morgan fingerprint density at radius 3 is 2.33 bits per heavy atom. The molecule has 6 nitrogen and oxygen atoms in total. The van der Waals surface area contributed by atoms with Crippen LogP contribution < -0.4 is 16.0 Å². The number of nitrogens with one attached hydrogen (secondary N) is 2. The quantitative estimate of drug-likeness (QED) is 0.499. The van der Waals surface area contributed by atoms with E-state index in [1.165, 1.54) is 12.3 Å². The molecule has 8 heteroatoms. The fraction of sp³-hybridized carbons (Fsp3) is 0.615. The molecule has 0 fully saturated rings. The van der Waals surface area contributed by atoms with Gasteiger partial charge in [-0.2, -0.15) is 0 Å². The van der Waals surface area contributed by atoms with E-state index in [1.54, 1.807) is 0 Å². The number of hydrogen-bond acceptors (Lipinski definition) is 5. The van der Waals surface area contributed by atoms with Gasteiger partial charge in [-0.3, -0.25) is 0 Å². The number of rotatable bonds is 7. The van der Waals surface area contributed by atoms with Gasteiger partial charge in [0.15, 0.2) is 5.82 Å². The fourth-order valence-corrected chi connectivity index (χ4v) is 3.96. The van der Waals surface area contributed by atoms with Crippen LogP contribution in [-0.2, 0) is 10.0 Å². The number of hydrogen-bond donors (Lipinski definition) is 3. The molecule has 0 amide bonds. The molecule has 0 saturated heterocycles. The predicted molar refractivity (Wildman–Crippen MR) is 88.1 cm³/mol. The van der Waals surface area contributed by atoms with Gasteiger partial charge in [0.25, 0.3) is 0 Å². The number of aromatic nitrogens is 1. The number of anilines is 1. The first-order chi connectivity index (χ1) is 9.69. The van der Waals surface area contributed by atoms with Gasteiger partial charge in [0.05, 0.1) is 0 Å². The lowest BCUT2D eigenvalue weighted by atomic mass is 9.86. The fourth-order valence-electron chi connectivity index (χ4n) is 2.26. The van der Waals surface area contributed by atoms with E-state index in [4.69, 9.17) is 5.84 Å². The molecule has 0 radical (unpaired) electrons. The Morgan fingerprint density at radius 1 is 1.29 bits per heavy atom. The standard InChI is InChI=1S/C13H23BrN4O2S/c1-8(2)11(9(3)4)7-17-21(19,20)12-5-10(14)6-16-13(12)18-15/h5-6,8-9,11,17H,7,15H2,1-4H3,(H,16,18). The summed E-state index contributed by atoms with van der Waals surface area (Å²) in [4.78, 5) is 3.99. The first-order valence-electron chi connectivity index (χ1n) is 6.80. The highest BCUT2D eigenvalue weighted by molar-refractivity contribution is 9.10. The molecule has 1 aromatic rings. The second kappa shape index (κ2) is 7.53. The van der Waals surface area contributed by atoms with Gasteiger partial charge in [-0.1, -0.05) is 27.7 Å². The summed E-state index contributed by atoms with van der Waals surface area (Å²) >= 11 is 3.22. The molecular weight excluding hydrogens is 356 g/mol. The number of nitrogen functional groups attached to an aromatic ring is 1. The van der Waals surface area contributed by atoms with Crippen molar-refractivity contribution in [3.8, 4) is 0 Å². The Bertz CT molecular complexity index is 568. The molecular formula is C13H23BrN4O2S. The van der Waals surface area contributed by atoms with Crippen LogP contribution >= 0.6 is 15.9 Å². The molecule has 0 bridgehead atoms. The minimum atomic E-state index is -3.67. The molecule has 0 aromatic carbocycles. The van der Waals surface area contributed by atoms with Crippen LogP contribution in [0.5, 0.6) is 0 Å². The Balaban J connectivity index is 2.99. The second-order valence-electron chi connectivity index (χ2n) is 5.65. The molecule has 0 atom stereocenters. The van der Waals surface area contributed by atoms with Gasteiger partial charge in [-0.25, -0.2) is 24.0 Å². The van der Waals surface area contributed by atoms with E-state index >= 15 is 0 Å². The predicted octanol–water partition coefficient (Wildman–Crippen LogP) is 2.34. The maximum Gasteiger partial charge on any atom is 0.244 e. The molecule has 0 unspecified atom stereocenters. The third-order valence-corrected chi connectivity index (χ3v) is 5.34. The summed E-state index contributed by atoms with van der Waals surface area (Å²) in [6, 6.07) is 1.48. The van der Waals surface area contributed by atoms with Gasteiger partial charge in [0.2, 0.25) is 10.0 Å². The Kier molecular flexibility index (Phi) is 6.58. The first-order valence-corrected chi connectivity index (χ1v) is 9.08. The highest BCUT2D eigenvalue weighted by Gasteiger charge is 2.24. The number of nitrogens with two attached hydrogens (primary N) is 1. The number of sulfonamides is 1. The lowest BCUT2D eigenvalue weighted by Crippen LogP contribution is -2.34. The average molecular weight is 379 g/mol. The lowest BCUT2D eigenvalue weighted by Gasteiger charge is -2.25. The molecule has 0 spiro atoms. The molecule has 0 aliphatic carbocycles. The van der Waals surface area contributed by atoms with Gasteiger partial charge in [-0.05, 0) is 39.8 Å². The zero-order valence-corrected chi connectivity index (χ0v) is 15.1. The van der Waals surface area contributed by atoms with E-state index in [0.29, 0.717) is 22.9 Å². The molecule has 1 rings (SSSR count). The van der Waals surface area contributed by atoms with Gasteiger partial charge < -0.3 is 5.43 Å². The molecule has 120 valence electrons. The number of halogens is 1. The van der Waals surface area contributed by atoms with E-state index < -0.39 is 10.0 Å². The summed E-state index contributed by atoms with van der Waals surface area (Å²) in [7, 11) is -3.67. The summed E-state index contributed by atoms with van der Waals surface area (Å²) in [5, 5.41) is 0. The smallest absolute Gasteiger partial charge is 0.244 e. The van der Waals surface area contributed by atoms with Crippen LogP contribution in [0.4, 0.5) is 5.82 Å². The van der Waals surface area contributed by atoms with Gasteiger partial charge in [0, 0.05) is 17.2 Å². The lowest BCUT2D eigenvalue weighted by molar-refractivity contribution is 0.289. The largest absolute Gasteiger partial charge is 0.307 e. The summed E-state index contributed by atoms with van der Waals surface area (Å²) in [5.41, 5.74) is 2.31. The minimum Gasteiger partial charge on any atom is -0.307 e.